The third-order valence-electron chi connectivity index (χ3n) is 6.03. The first-order valence-corrected chi connectivity index (χ1v) is 27.3. The van der Waals surface area contributed by atoms with Crippen LogP contribution in [0.15, 0.2) is 98.2 Å². The summed E-state index contributed by atoms with van der Waals surface area (Å²) in [5.74, 6) is 0. The molecule has 8 bridgehead atoms. The maximum atomic E-state index is 6.98. The predicted octanol–water partition coefficient (Wildman–Crippen LogP) is 1.57. The SMILES string of the molecule is C=C[Si]12OOO[Si]3(C=C)O[Si]4(C=C)O[Si]5(C=C)O[Si](C=C)(O1)O[Si](C=C)(O4)[Si](C=C)(O5)[Si](C=C)(O2)O3. The molecule has 0 saturated carbocycles. The number of hydrogen-bond acceptors (Lipinski definition) is 12. The molecule has 0 radical (unpaired) electrons. The van der Waals surface area contributed by atoms with Gasteiger partial charge in [-0.05, 0) is 28.5 Å². The smallest absolute Gasteiger partial charge is 0.405 e. The van der Waals surface area contributed by atoms with Gasteiger partial charge in [-0.15, -0.1) is 39.5 Å². The minimum Gasteiger partial charge on any atom is -0.405 e. The first-order chi connectivity index (χ1) is 17.1. The Morgan fingerprint density at radius 3 is 1.00 bits per heavy atom. The van der Waals surface area contributed by atoms with Crippen LogP contribution in [-0.2, 0) is 51.2 Å². The summed E-state index contributed by atoms with van der Waals surface area (Å²) in [5.41, 5.74) is 11.5. The van der Waals surface area contributed by atoms with Crippen LogP contribution in [0.2, 0.25) is 0 Å². The highest BCUT2D eigenvalue weighted by Gasteiger charge is 2.89. The fourth-order valence-electron chi connectivity index (χ4n) is 4.41. The molecule has 0 aliphatic carbocycles. The quantitative estimate of drug-likeness (QED) is 0.286. The lowest BCUT2D eigenvalue weighted by Gasteiger charge is -2.56. The van der Waals surface area contributed by atoms with Crippen LogP contribution in [-0.4, -0.2) is 67.5 Å². The van der Waals surface area contributed by atoms with Gasteiger partial charge in [-0.1, -0.05) is 35.3 Å². The summed E-state index contributed by atoms with van der Waals surface area (Å²) in [6, 6.07) is 0. The molecular weight excluding hydrogens is 609 g/mol. The van der Waals surface area contributed by atoms with Crippen molar-refractivity contribution in [2.45, 2.75) is 0 Å². The molecule has 0 amide bonds. The first kappa shape index (κ1) is 26.8. The lowest BCUT2D eigenvalue weighted by atomic mass is 11.3. The molecule has 12 nitrogen and oxygen atoms in total. The molecule has 20 heteroatoms. The molecule has 0 aromatic heterocycles. The molecule has 5 saturated heterocycles. The average Bonchev–Trinajstić information content (AvgIpc) is 2.99. The van der Waals surface area contributed by atoms with Crippen LogP contribution in [0, 0.1) is 0 Å². The molecule has 0 aromatic rings. The molecule has 5 aliphatic rings. The molecular formula is C16H24O12Si8. The summed E-state index contributed by atoms with van der Waals surface area (Å²) in [7, 11) is -32.4. The van der Waals surface area contributed by atoms with E-state index in [0.717, 1.165) is 0 Å². The van der Waals surface area contributed by atoms with E-state index in [1.807, 2.05) is 0 Å². The van der Waals surface area contributed by atoms with Gasteiger partial charge in [0.2, 0.25) is 0 Å². The Morgan fingerprint density at radius 2 is 0.667 bits per heavy atom. The van der Waals surface area contributed by atoms with Crippen LogP contribution >= 0.6 is 0 Å². The summed E-state index contributed by atoms with van der Waals surface area (Å²) >= 11 is 0. The van der Waals surface area contributed by atoms with Gasteiger partial charge >= 0.3 is 67.5 Å². The molecule has 0 N–H and O–H groups in total. The van der Waals surface area contributed by atoms with Gasteiger partial charge in [-0.25, -0.2) is 0 Å². The number of hydrogen-bond donors (Lipinski definition) is 0. The van der Waals surface area contributed by atoms with Crippen LogP contribution in [0.5, 0.6) is 0 Å². The second kappa shape index (κ2) is 8.34. The molecule has 5 rings (SSSR count). The van der Waals surface area contributed by atoms with E-state index in [1.165, 1.54) is 34.2 Å². The van der Waals surface area contributed by atoms with Crippen LogP contribution < -0.4 is 0 Å². The average molecular weight is 633 g/mol. The van der Waals surface area contributed by atoms with E-state index < -0.39 is 67.5 Å². The molecule has 5 unspecified atom stereocenters. The first-order valence-electron chi connectivity index (χ1n) is 10.5. The Balaban J connectivity index is 2.01. The summed E-state index contributed by atoms with van der Waals surface area (Å²) in [4.78, 5) is 0. The lowest BCUT2D eigenvalue weighted by Crippen LogP contribution is -2.90. The highest BCUT2D eigenvalue weighted by molar-refractivity contribution is 7.69. The Morgan fingerprint density at radius 1 is 0.333 bits per heavy atom. The van der Waals surface area contributed by atoms with E-state index in [-0.39, 0.29) is 0 Å². The van der Waals surface area contributed by atoms with Gasteiger partial charge in [0.1, 0.15) is 0 Å². The molecule has 5 atom stereocenters. The van der Waals surface area contributed by atoms with Crippen molar-refractivity contribution in [3.63, 3.8) is 0 Å². The van der Waals surface area contributed by atoms with E-state index in [4.69, 9.17) is 51.2 Å². The van der Waals surface area contributed by atoms with Crippen molar-refractivity contribution in [3.05, 3.63) is 98.2 Å². The largest absolute Gasteiger partial charge is 0.545 e. The Labute approximate surface area is 216 Å². The zero-order chi connectivity index (χ0) is 26.1. The minimum absolute atomic E-state index is 1.32. The second-order valence-corrected chi connectivity index (χ2v) is 39.1. The van der Waals surface area contributed by atoms with Crippen LogP contribution in [0.3, 0.4) is 0 Å². The van der Waals surface area contributed by atoms with Crippen LogP contribution in [0.1, 0.15) is 0 Å². The normalized spacial score (nSPS) is 52.9. The van der Waals surface area contributed by atoms with E-state index in [1.54, 1.807) is 11.4 Å². The van der Waals surface area contributed by atoms with Crippen LogP contribution in [0.25, 0.3) is 0 Å². The summed E-state index contributed by atoms with van der Waals surface area (Å²) < 4.78 is 71.5. The van der Waals surface area contributed by atoms with E-state index in [9.17, 15) is 0 Å². The van der Waals surface area contributed by atoms with Crippen molar-refractivity contribution >= 4 is 67.5 Å². The maximum absolute atomic E-state index is 6.98. The monoisotopic (exact) mass is 632 g/mol. The molecule has 5 heterocycles. The fourth-order valence-corrected chi connectivity index (χ4v) is 71.0. The molecule has 5 aliphatic heterocycles. The lowest BCUT2D eigenvalue weighted by molar-refractivity contribution is -0.448. The van der Waals surface area contributed by atoms with Crippen molar-refractivity contribution < 1.29 is 51.2 Å². The topological polar surface area (TPSA) is 111 Å². The maximum Gasteiger partial charge on any atom is 0.545 e. The van der Waals surface area contributed by atoms with Crippen molar-refractivity contribution in [2.75, 3.05) is 0 Å². The van der Waals surface area contributed by atoms with Gasteiger partial charge in [0.05, 0.1) is 0 Å². The molecule has 0 aromatic carbocycles. The third kappa shape index (κ3) is 3.23. The Kier molecular flexibility index (Phi) is 6.20. The summed E-state index contributed by atoms with van der Waals surface area (Å²) in [6.45, 7) is 31.8. The fraction of sp³-hybridized carbons (Fsp3) is 0. The number of rotatable bonds is 8. The van der Waals surface area contributed by atoms with Gasteiger partial charge < -0.3 is 37.0 Å². The second-order valence-electron chi connectivity index (χ2n) is 7.87. The van der Waals surface area contributed by atoms with Gasteiger partial charge in [0.25, 0.3) is 0 Å². The Bertz CT molecular complexity index is 1060. The zero-order valence-corrected chi connectivity index (χ0v) is 27.2. The predicted molar refractivity (Wildman–Crippen MR) is 141 cm³/mol. The van der Waals surface area contributed by atoms with E-state index >= 15 is 0 Å². The molecule has 0 spiro atoms. The van der Waals surface area contributed by atoms with Gasteiger partial charge in [-0.2, -0.15) is 9.15 Å². The zero-order valence-electron chi connectivity index (χ0n) is 19.2. The minimum atomic E-state index is -4.11. The van der Waals surface area contributed by atoms with Crippen molar-refractivity contribution in [2.24, 2.45) is 0 Å². The third-order valence-corrected chi connectivity index (χ3v) is 54.2. The summed E-state index contributed by atoms with van der Waals surface area (Å²) in [6.07, 6.45) is 0. The standard InChI is InChI=1S/C16H24O12Si8/c1-9-29-18-17-19-30(10-2)21-32(12-4)23-33(13-5)22-31(11-3,20-29)26-35(15-7,27-32)36(16-8,28-33)34(14-6,24-29)25-30/h9-16H,1-8H2. The van der Waals surface area contributed by atoms with Crippen LogP contribution in [0.4, 0.5) is 0 Å². The Hall–Kier alpha value is -0.825. The van der Waals surface area contributed by atoms with Gasteiger partial charge in [-0.3, -0.25) is 0 Å². The van der Waals surface area contributed by atoms with Crippen molar-refractivity contribution in [1.82, 2.24) is 0 Å². The van der Waals surface area contributed by atoms with Gasteiger partial charge in [0, 0.05) is 0 Å². The highest BCUT2D eigenvalue weighted by atomic mass is 29.7. The highest BCUT2D eigenvalue weighted by Crippen LogP contribution is 2.54. The van der Waals surface area contributed by atoms with Crippen molar-refractivity contribution in [1.29, 1.82) is 0 Å². The molecule has 5 fully saturated rings. The molecule has 36 heavy (non-hydrogen) atoms. The molecule has 192 valence electrons. The summed E-state index contributed by atoms with van der Waals surface area (Å²) in [5, 5.41) is 5.13. The van der Waals surface area contributed by atoms with E-state index in [0.29, 0.717) is 0 Å². The van der Waals surface area contributed by atoms with Gasteiger partial charge in [0.15, 0.2) is 0 Å². The van der Waals surface area contributed by atoms with E-state index in [2.05, 4.69) is 52.6 Å². The number of fused-ring (bicyclic) bond motifs is 5. The van der Waals surface area contributed by atoms with Crippen molar-refractivity contribution in [3.8, 4) is 0 Å².